The summed E-state index contributed by atoms with van der Waals surface area (Å²) >= 11 is 0. The van der Waals surface area contributed by atoms with Crippen LogP contribution in [-0.4, -0.2) is 79.7 Å². The zero-order chi connectivity index (χ0) is 23.7. The fraction of sp³-hybridized carbons (Fsp3) is 0.364. The van der Waals surface area contributed by atoms with Crippen molar-refractivity contribution in [2.24, 2.45) is 0 Å². The number of halogens is 2. The summed E-state index contributed by atoms with van der Waals surface area (Å²) in [5.74, 6) is -1.22. The number of ether oxygens (including phenoxy) is 1. The molecule has 5 rings (SSSR count). The number of morpholine rings is 1. The highest BCUT2D eigenvalue weighted by atomic mass is 19.1. The third-order valence-corrected chi connectivity index (χ3v) is 6.14. The number of tetrazole rings is 1. The van der Waals surface area contributed by atoms with Crippen LogP contribution in [0.5, 0.6) is 0 Å². The molecule has 0 radical (unpaired) electrons. The molecule has 3 aromatic rings. The highest BCUT2D eigenvalue weighted by Gasteiger charge is 2.36. The Morgan fingerprint density at radius 1 is 1.21 bits per heavy atom. The van der Waals surface area contributed by atoms with Crippen LogP contribution in [0.15, 0.2) is 36.8 Å². The zero-order valence-corrected chi connectivity index (χ0v) is 18.0. The van der Waals surface area contributed by atoms with Crippen molar-refractivity contribution in [3.05, 3.63) is 65.1 Å². The molecule has 4 heterocycles. The number of hydrogen-bond acceptors (Lipinski definition) is 8. The summed E-state index contributed by atoms with van der Waals surface area (Å²) in [5.41, 5.74) is 0.558. The quantitative estimate of drug-likeness (QED) is 0.561. The van der Waals surface area contributed by atoms with E-state index in [1.54, 1.807) is 17.2 Å². The first-order valence-corrected chi connectivity index (χ1v) is 10.7. The van der Waals surface area contributed by atoms with E-state index in [0.717, 1.165) is 17.7 Å². The lowest BCUT2D eigenvalue weighted by Crippen LogP contribution is -2.59. The van der Waals surface area contributed by atoms with E-state index in [1.807, 2.05) is 6.07 Å². The lowest BCUT2D eigenvalue weighted by atomic mass is 10.0. The number of hydrogen-bond donors (Lipinski definition) is 0. The number of aromatic nitrogens is 5. The minimum absolute atomic E-state index is 0.00217. The lowest BCUT2D eigenvalue weighted by Gasteiger charge is -2.46. The highest BCUT2D eigenvalue weighted by Crippen LogP contribution is 2.29. The van der Waals surface area contributed by atoms with Crippen LogP contribution in [0.3, 0.4) is 0 Å². The fourth-order valence-corrected chi connectivity index (χ4v) is 4.31. The summed E-state index contributed by atoms with van der Waals surface area (Å²) < 4.78 is 35.4. The average Bonchev–Trinajstić information content (AvgIpc) is 3.39. The molecule has 0 saturated carbocycles. The minimum Gasteiger partial charge on any atom is -0.370 e. The van der Waals surface area contributed by atoms with E-state index in [9.17, 15) is 13.6 Å². The number of benzene rings is 1. The number of piperazine rings is 1. The van der Waals surface area contributed by atoms with Crippen molar-refractivity contribution in [2.75, 3.05) is 32.8 Å². The molecule has 0 bridgehead atoms. The third kappa shape index (κ3) is 4.35. The van der Waals surface area contributed by atoms with Crippen LogP contribution in [0.2, 0.25) is 0 Å². The van der Waals surface area contributed by atoms with Gasteiger partial charge in [0.05, 0.1) is 25.2 Å². The van der Waals surface area contributed by atoms with Crippen molar-refractivity contribution in [3.8, 4) is 11.9 Å². The van der Waals surface area contributed by atoms with Gasteiger partial charge in [-0.1, -0.05) is 6.07 Å². The molecule has 0 unspecified atom stereocenters. The topological polar surface area (TPSA) is 113 Å². The number of carbonyl (C=O) groups is 1. The maximum absolute atomic E-state index is 14.0. The highest BCUT2D eigenvalue weighted by molar-refractivity contribution is 5.78. The van der Waals surface area contributed by atoms with Crippen LogP contribution < -0.4 is 0 Å². The van der Waals surface area contributed by atoms with E-state index >= 15 is 0 Å². The summed E-state index contributed by atoms with van der Waals surface area (Å²) in [4.78, 5) is 21.1. The Morgan fingerprint density at radius 3 is 2.71 bits per heavy atom. The Kier molecular flexibility index (Phi) is 5.95. The second-order valence-corrected chi connectivity index (χ2v) is 8.24. The summed E-state index contributed by atoms with van der Waals surface area (Å²) in [6, 6.07) is 7.42. The third-order valence-electron chi connectivity index (χ3n) is 6.14. The Balaban J connectivity index is 1.18. The van der Waals surface area contributed by atoms with E-state index in [2.05, 4.69) is 25.4 Å². The molecule has 34 heavy (non-hydrogen) atoms. The summed E-state index contributed by atoms with van der Waals surface area (Å²) in [6.45, 7) is 2.49. The standard InChI is InChI=1S/C22H20F2N8O2/c23-18-6-15(7-19(24)17(18)8-25)20-11-30-3-4-31(10-16(30)12-34-20)22(33)5-14-1-2-21(26-9-14)32-13-27-28-29-32/h1-2,6-7,9,13,16,20H,3-5,10-12H2/t16-,20-/m0/s1. The molecule has 2 aliphatic rings. The van der Waals surface area contributed by atoms with Crippen molar-refractivity contribution in [2.45, 2.75) is 18.6 Å². The Hall–Kier alpha value is -3.82. The Bertz CT molecular complexity index is 1210. The predicted octanol–water partition coefficient (Wildman–Crippen LogP) is 1.03. The molecule has 2 atom stereocenters. The summed E-state index contributed by atoms with van der Waals surface area (Å²) in [7, 11) is 0. The number of nitriles is 1. The van der Waals surface area contributed by atoms with Gasteiger partial charge in [0, 0.05) is 32.4 Å². The van der Waals surface area contributed by atoms with Gasteiger partial charge in [-0.25, -0.2) is 13.8 Å². The van der Waals surface area contributed by atoms with E-state index in [-0.39, 0.29) is 18.4 Å². The van der Waals surface area contributed by atoms with Gasteiger partial charge in [0.25, 0.3) is 0 Å². The molecule has 2 aliphatic heterocycles. The van der Waals surface area contributed by atoms with Gasteiger partial charge >= 0.3 is 0 Å². The molecular weight excluding hydrogens is 446 g/mol. The van der Waals surface area contributed by atoms with Gasteiger partial charge in [-0.15, -0.1) is 5.10 Å². The first kappa shape index (κ1) is 22.0. The van der Waals surface area contributed by atoms with Crippen LogP contribution >= 0.6 is 0 Å². The SMILES string of the molecule is N#Cc1c(F)cc([C@@H]2CN3CCN(C(=O)Cc4ccc(-n5cnnn5)nc4)C[C@H]3CO2)cc1F. The average molecular weight is 466 g/mol. The molecular formula is C22H20F2N8O2. The van der Waals surface area contributed by atoms with Crippen molar-refractivity contribution in [1.82, 2.24) is 35.0 Å². The molecule has 0 spiro atoms. The van der Waals surface area contributed by atoms with Crippen LogP contribution in [0.25, 0.3) is 5.82 Å². The predicted molar refractivity (Wildman–Crippen MR) is 112 cm³/mol. The van der Waals surface area contributed by atoms with Crippen LogP contribution in [0.1, 0.15) is 22.8 Å². The van der Waals surface area contributed by atoms with E-state index < -0.39 is 23.3 Å². The number of nitrogens with zero attached hydrogens (tertiary/aromatic N) is 8. The first-order chi connectivity index (χ1) is 16.5. The molecule has 1 aromatic carbocycles. The van der Waals surface area contributed by atoms with Gasteiger partial charge in [0.15, 0.2) is 5.82 Å². The minimum atomic E-state index is -0.890. The van der Waals surface area contributed by atoms with E-state index in [4.69, 9.17) is 10.00 Å². The van der Waals surface area contributed by atoms with Gasteiger partial charge in [0.2, 0.25) is 5.91 Å². The Labute approximate surface area is 193 Å². The van der Waals surface area contributed by atoms with Gasteiger partial charge in [-0.3, -0.25) is 9.69 Å². The zero-order valence-electron chi connectivity index (χ0n) is 18.0. The second kappa shape index (κ2) is 9.20. The van der Waals surface area contributed by atoms with E-state index in [0.29, 0.717) is 44.2 Å². The molecule has 10 nitrogen and oxygen atoms in total. The molecule has 2 fully saturated rings. The lowest BCUT2D eigenvalue weighted by molar-refractivity contribution is -0.139. The smallest absolute Gasteiger partial charge is 0.227 e. The van der Waals surface area contributed by atoms with Crippen molar-refractivity contribution >= 4 is 5.91 Å². The monoisotopic (exact) mass is 466 g/mol. The second-order valence-electron chi connectivity index (χ2n) is 8.24. The number of carbonyl (C=O) groups excluding carboxylic acids is 1. The van der Waals surface area contributed by atoms with Crippen molar-refractivity contribution in [1.29, 1.82) is 5.26 Å². The molecule has 2 aromatic heterocycles. The maximum atomic E-state index is 14.0. The van der Waals surface area contributed by atoms with Crippen LogP contribution in [0, 0.1) is 23.0 Å². The van der Waals surface area contributed by atoms with Gasteiger partial charge in [0.1, 0.15) is 29.6 Å². The number of rotatable bonds is 4. The summed E-state index contributed by atoms with van der Waals surface area (Å²) in [6.07, 6.45) is 2.80. The molecule has 0 N–H and O–H groups in total. The molecule has 1 amide bonds. The van der Waals surface area contributed by atoms with Crippen molar-refractivity contribution < 1.29 is 18.3 Å². The number of fused-ring (bicyclic) bond motifs is 1. The molecule has 12 heteroatoms. The van der Waals surface area contributed by atoms with Gasteiger partial charge in [-0.2, -0.15) is 9.94 Å². The van der Waals surface area contributed by atoms with Gasteiger partial charge < -0.3 is 9.64 Å². The van der Waals surface area contributed by atoms with Crippen LogP contribution in [-0.2, 0) is 16.0 Å². The largest absolute Gasteiger partial charge is 0.370 e. The number of pyridine rings is 1. The van der Waals surface area contributed by atoms with Crippen molar-refractivity contribution in [3.63, 3.8) is 0 Å². The normalized spacial score (nSPS) is 20.6. The fourth-order valence-electron chi connectivity index (χ4n) is 4.31. The maximum Gasteiger partial charge on any atom is 0.227 e. The van der Waals surface area contributed by atoms with Crippen LogP contribution in [0.4, 0.5) is 8.78 Å². The summed E-state index contributed by atoms with van der Waals surface area (Å²) in [5, 5.41) is 19.8. The molecule has 0 aliphatic carbocycles. The molecule has 2 saturated heterocycles. The first-order valence-electron chi connectivity index (χ1n) is 10.7. The molecule has 174 valence electrons. The number of amides is 1. The van der Waals surface area contributed by atoms with Gasteiger partial charge in [-0.05, 0) is 39.8 Å². The van der Waals surface area contributed by atoms with E-state index in [1.165, 1.54) is 17.1 Å². The Morgan fingerprint density at radius 2 is 2.03 bits per heavy atom.